The maximum atomic E-state index is 14.1. The van der Waals surface area contributed by atoms with Crippen LogP contribution < -0.4 is 5.32 Å². The van der Waals surface area contributed by atoms with Crippen LogP contribution in [0.5, 0.6) is 0 Å². The predicted molar refractivity (Wildman–Crippen MR) is 106 cm³/mol. The number of nitrogens with one attached hydrogen (secondary N) is 1. The number of carbonyl (C=O) groups is 1. The average Bonchev–Trinajstić information content (AvgIpc) is 3.14. The van der Waals surface area contributed by atoms with Gasteiger partial charge in [-0.05, 0) is 31.7 Å². The summed E-state index contributed by atoms with van der Waals surface area (Å²) in [6.45, 7) is 3.47. The number of rotatable bonds is 3. The third kappa shape index (κ3) is 3.20. The minimum absolute atomic E-state index is 0.0400. The number of halogens is 3. The van der Waals surface area contributed by atoms with Gasteiger partial charge < -0.3 is 5.32 Å². The van der Waals surface area contributed by atoms with E-state index in [1.165, 1.54) is 6.07 Å². The molecule has 0 saturated heterocycles. The number of amides is 1. The number of carbonyl (C=O) groups excluding carboxylic acids is 1. The third-order valence-electron chi connectivity index (χ3n) is 5.53. The smallest absolute Gasteiger partial charge is 0.335 e. The van der Waals surface area contributed by atoms with Crippen molar-refractivity contribution in [1.29, 1.82) is 0 Å². The highest BCUT2D eigenvalue weighted by Crippen LogP contribution is 2.40. The van der Waals surface area contributed by atoms with E-state index in [9.17, 15) is 18.0 Å². The molecular weight excluding hydrogens is 393 g/mol. The van der Waals surface area contributed by atoms with Crippen LogP contribution in [0.15, 0.2) is 30.3 Å². The second kappa shape index (κ2) is 6.87. The van der Waals surface area contributed by atoms with Crippen LogP contribution in [0.3, 0.4) is 0 Å². The molecule has 8 heteroatoms. The van der Waals surface area contributed by atoms with Crippen LogP contribution in [0, 0.1) is 12.3 Å². The van der Waals surface area contributed by atoms with Gasteiger partial charge in [-0.2, -0.15) is 18.3 Å². The van der Waals surface area contributed by atoms with Crippen molar-refractivity contribution in [1.82, 2.24) is 19.9 Å². The Morgan fingerprint density at radius 2 is 2.03 bits per heavy atom. The molecule has 1 aromatic carbocycles. The van der Waals surface area contributed by atoms with Gasteiger partial charge in [-0.15, -0.1) is 6.42 Å². The van der Waals surface area contributed by atoms with E-state index in [1.807, 2.05) is 12.1 Å². The van der Waals surface area contributed by atoms with Gasteiger partial charge in [0.2, 0.25) is 0 Å². The van der Waals surface area contributed by atoms with Crippen molar-refractivity contribution in [2.45, 2.75) is 44.8 Å². The lowest BCUT2D eigenvalue weighted by molar-refractivity contribution is -0.143. The number of hydrogen-bond acceptors (Lipinski definition) is 3. The fourth-order valence-corrected chi connectivity index (χ4v) is 3.67. The van der Waals surface area contributed by atoms with Crippen LogP contribution in [0.2, 0.25) is 0 Å². The van der Waals surface area contributed by atoms with Crippen molar-refractivity contribution in [2.75, 3.05) is 0 Å². The lowest BCUT2D eigenvalue weighted by Crippen LogP contribution is -2.44. The molecule has 3 aromatic rings. The van der Waals surface area contributed by atoms with E-state index in [1.54, 1.807) is 26.0 Å². The zero-order valence-corrected chi connectivity index (χ0v) is 16.5. The fraction of sp³-hybridized carbons (Fsp3) is 0.318. The van der Waals surface area contributed by atoms with Gasteiger partial charge in [-0.1, -0.05) is 37.1 Å². The standard InChI is InChI=1S/C22H19F3N4O/c1-4-21(3,5-2)27-20(30)16-12-17-26-18-14-9-7-6-8-13(14)10-11-15(18)19(22(23,24)25)29(17)28-16/h1,6-9,12H,5,10-11H2,2-3H3,(H,27,30). The van der Waals surface area contributed by atoms with Crippen molar-refractivity contribution in [3.63, 3.8) is 0 Å². The SMILES string of the molecule is C#CC(C)(CC)NC(=O)c1cc2nc3c(c(C(F)(F)F)n2n1)CCc1ccccc1-3. The Balaban J connectivity index is 1.91. The van der Waals surface area contributed by atoms with Crippen LogP contribution in [0.1, 0.15) is 47.6 Å². The molecule has 0 spiro atoms. The largest absolute Gasteiger partial charge is 0.433 e. The van der Waals surface area contributed by atoms with Gasteiger partial charge in [0.05, 0.1) is 11.2 Å². The molecule has 0 radical (unpaired) electrons. The summed E-state index contributed by atoms with van der Waals surface area (Å²) in [5.41, 5.74) is -0.0428. The number of nitrogens with zero attached hydrogens (tertiary/aromatic N) is 3. The molecule has 154 valence electrons. The molecule has 4 rings (SSSR count). The van der Waals surface area contributed by atoms with E-state index >= 15 is 0 Å². The van der Waals surface area contributed by atoms with Gasteiger partial charge in [-0.25, -0.2) is 9.50 Å². The van der Waals surface area contributed by atoms with Gasteiger partial charge in [-0.3, -0.25) is 4.79 Å². The first-order valence-electron chi connectivity index (χ1n) is 9.55. The summed E-state index contributed by atoms with van der Waals surface area (Å²) in [5, 5.41) is 6.60. The summed E-state index contributed by atoms with van der Waals surface area (Å²) >= 11 is 0. The Morgan fingerprint density at radius 3 is 2.70 bits per heavy atom. The van der Waals surface area contributed by atoms with Crippen molar-refractivity contribution < 1.29 is 18.0 Å². The Kier molecular flexibility index (Phi) is 4.57. The monoisotopic (exact) mass is 412 g/mol. The highest BCUT2D eigenvalue weighted by Gasteiger charge is 2.40. The summed E-state index contributed by atoms with van der Waals surface area (Å²) in [5.74, 6) is 1.85. The highest BCUT2D eigenvalue weighted by atomic mass is 19.4. The summed E-state index contributed by atoms with van der Waals surface area (Å²) in [4.78, 5) is 17.1. The van der Waals surface area contributed by atoms with Crippen molar-refractivity contribution in [3.05, 3.63) is 52.8 Å². The fourth-order valence-electron chi connectivity index (χ4n) is 3.67. The molecule has 1 atom stereocenters. The Labute approximate surface area is 171 Å². The van der Waals surface area contributed by atoms with Gasteiger partial charge in [0.25, 0.3) is 5.91 Å². The van der Waals surface area contributed by atoms with E-state index in [4.69, 9.17) is 6.42 Å². The van der Waals surface area contributed by atoms with Crippen LogP contribution >= 0.6 is 0 Å². The summed E-state index contributed by atoms with van der Waals surface area (Å²) in [6.07, 6.45) is 1.94. The molecule has 2 heterocycles. The number of fused-ring (bicyclic) bond motifs is 4. The molecule has 1 amide bonds. The summed E-state index contributed by atoms with van der Waals surface area (Å²) < 4.78 is 42.9. The molecule has 1 aliphatic rings. The Hall–Kier alpha value is -3.34. The van der Waals surface area contributed by atoms with Crippen LogP contribution in [-0.4, -0.2) is 26.0 Å². The quantitative estimate of drug-likeness (QED) is 0.661. The second-order valence-electron chi connectivity index (χ2n) is 7.53. The van der Waals surface area contributed by atoms with Gasteiger partial charge in [0.15, 0.2) is 17.0 Å². The molecule has 5 nitrogen and oxygen atoms in total. The van der Waals surface area contributed by atoms with Gasteiger partial charge >= 0.3 is 6.18 Å². The minimum atomic E-state index is -4.66. The molecule has 2 aromatic heterocycles. The van der Waals surface area contributed by atoms with Crippen LogP contribution in [0.4, 0.5) is 13.2 Å². The van der Waals surface area contributed by atoms with Gasteiger partial charge in [0.1, 0.15) is 0 Å². The average molecular weight is 412 g/mol. The summed E-state index contributed by atoms with van der Waals surface area (Å²) in [6, 6.07) is 8.53. The summed E-state index contributed by atoms with van der Waals surface area (Å²) in [7, 11) is 0. The first kappa shape index (κ1) is 20.0. The third-order valence-corrected chi connectivity index (χ3v) is 5.53. The number of hydrogen-bond donors (Lipinski definition) is 1. The maximum absolute atomic E-state index is 14.1. The number of aromatic nitrogens is 3. The first-order valence-corrected chi connectivity index (χ1v) is 9.55. The Bertz CT molecular complexity index is 1210. The number of alkyl halides is 3. The normalized spacial score (nSPS) is 15.1. The predicted octanol–water partition coefficient (Wildman–Crippen LogP) is 4.05. The molecular formula is C22H19F3N4O. The molecule has 0 saturated carbocycles. The first-order chi connectivity index (χ1) is 14.2. The molecule has 30 heavy (non-hydrogen) atoms. The Morgan fingerprint density at radius 1 is 1.30 bits per heavy atom. The second-order valence-corrected chi connectivity index (χ2v) is 7.53. The van der Waals surface area contributed by atoms with E-state index in [-0.39, 0.29) is 29.0 Å². The molecule has 0 bridgehead atoms. The molecule has 1 unspecified atom stereocenters. The van der Waals surface area contributed by atoms with Crippen molar-refractivity contribution in [3.8, 4) is 23.6 Å². The van der Waals surface area contributed by atoms with Gasteiger partial charge in [0, 0.05) is 17.2 Å². The number of terminal acetylenes is 1. The molecule has 1 N–H and O–H groups in total. The van der Waals surface area contributed by atoms with Crippen molar-refractivity contribution >= 4 is 11.6 Å². The highest BCUT2D eigenvalue weighted by molar-refractivity contribution is 5.94. The maximum Gasteiger partial charge on any atom is 0.433 e. The topological polar surface area (TPSA) is 59.3 Å². The van der Waals surface area contributed by atoms with E-state index in [0.717, 1.165) is 10.1 Å². The van der Waals surface area contributed by atoms with Crippen LogP contribution in [-0.2, 0) is 19.0 Å². The molecule has 0 aliphatic heterocycles. The van der Waals surface area contributed by atoms with E-state index in [2.05, 4.69) is 21.3 Å². The minimum Gasteiger partial charge on any atom is -0.335 e. The lowest BCUT2D eigenvalue weighted by Gasteiger charge is -2.23. The number of benzene rings is 1. The van der Waals surface area contributed by atoms with E-state index in [0.29, 0.717) is 18.4 Å². The molecule has 0 fully saturated rings. The van der Waals surface area contributed by atoms with Crippen LogP contribution in [0.25, 0.3) is 16.9 Å². The zero-order chi connectivity index (χ0) is 21.7. The van der Waals surface area contributed by atoms with Crippen molar-refractivity contribution in [2.24, 2.45) is 0 Å². The van der Waals surface area contributed by atoms with E-state index < -0.39 is 23.3 Å². The lowest BCUT2D eigenvalue weighted by atomic mass is 9.88. The zero-order valence-electron chi connectivity index (χ0n) is 16.5. The number of aryl methyl sites for hydroxylation is 1. The molecule has 1 aliphatic carbocycles.